The van der Waals surface area contributed by atoms with Crippen molar-refractivity contribution < 1.29 is 14.6 Å². The van der Waals surface area contributed by atoms with Gasteiger partial charge in [-0.15, -0.1) is 0 Å². The number of aromatic hydroxyl groups is 1. The number of amides is 1. The van der Waals surface area contributed by atoms with E-state index in [0.29, 0.717) is 17.9 Å². The maximum absolute atomic E-state index is 12.1. The Bertz CT molecular complexity index is 747. The molecule has 4 heteroatoms. The van der Waals surface area contributed by atoms with Crippen molar-refractivity contribution in [3.8, 4) is 11.5 Å². The van der Waals surface area contributed by atoms with Gasteiger partial charge in [-0.25, -0.2) is 0 Å². The number of unbranched alkanes of at least 4 members (excludes halogenated alkanes) is 5. The molecule has 4 nitrogen and oxygen atoms in total. The molecule has 0 fully saturated rings. The van der Waals surface area contributed by atoms with Gasteiger partial charge in [0, 0.05) is 12.1 Å². The van der Waals surface area contributed by atoms with Crippen LogP contribution in [0.5, 0.6) is 11.5 Å². The highest BCUT2D eigenvalue weighted by molar-refractivity contribution is 5.94. The molecule has 32 heavy (non-hydrogen) atoms. The Hall–Kier alpha value is -2.75. The fraction of sp³-hybridized carbons (Fsp3) is 0.464. The molecule has 2 N–H and O–H groups in total. The Morgan fingerprint density at radius 3 is 2.00 bits per heavy atom. The summed E-state index contributed by atoms with van der Waals surface area (Å²) in [5, 5.41) is 12.5. The van der Waals surface area contributed by atoms with Gasteiger partial charge in [0.25, 0.3) is 5.91 Å². The number of methoxy groups -OCH3 is 1. The number of phenolic OH excluding ortho intramolecular Hbond substituents is 1. The highest BCUT2D eigenvalue weighted by atomic mass is 16.5. The minimum atomic E-state index is -0.152. The van der Waals surface area contributed by atoms with Crippen molar-refractivity contribution in [3.05, 3.63) is 72.4 Å². The highest BCUT2D eigenvalue weighted by Crippen LogP contribution is 2.26. The Morgan fingerprint density at radius 1 is 0.875 bits per heavy atom. The van der Waals surface area contributed by atoms with Crippen LogP contribution in [0.15, 0.2) is 66.8 Å². The van der Waals surface area contributed by atoms with E-state index >= 15 is 0 Å². The second kappa shape index (κ2) is 19.0. The monoisotopic (exact) mass is 439 g/mol. The van der Waals surface area contributed by atoms with Crippen molar-refractivity contribution in [2.75, 3.05) is 13.7 Å². The highest BCUT2D eigenvalue weighted by Gasteiger charge is 2.08. The number of allylic oxidation sites excluding steroid dienone is 8. The van der Waals surface area contributed by atoms with Gasteiger partial charge in [-0.2, -0.15) is 0 Å². The van der Waals surface area contributed by atoms with Crippen LogP contribution in [0.1, 0.15) is 81.5 Å². The Kier molecular flexibility index (Phi) is 16.2. The smallest absolute Gasteiger partial charge is 0.251 e. The lowest BCUT2D eigenvalue weighted by Gasteiger charge is -2.07. The van der Waals surface area contributed by atoms with Crippen molar-refractivity contribution >= 4 is 5.91 Å². The lowest BCUT2D eigenvalue weighted by atomic mass is 10.1. The molecule has 0 bridgehead atoms. The maximum Gasteiger partial charge on any atom is 0.251 e. The van der Waals surface area contributed by atoms with Crippen LogP contribution in [-0.2, 0) is 0 Å². The molecule has 0 saturated heterocycles. The van der Waals surface area contributed by atoms with E-state index in [-0.39, 0.29) is 11.7 Å². The number of nitrogens with one attached hydrogen (secondary N) is 1. The van der Waals surface area contributed by atoms with Gasteiger partial charge in [0.2, 0.25) is 0 Å². The zero-order valence-electron chi connectivity index (χ0n) is 19.9. The molecule has 0 saturated carbocycles. The number of carbonyl (C=O) groups excluding carboxylic acids is 1. The van der Waals surface area contributed by atoms with E-state index in [4.69, 9.17) is 4.74 Å². The predicted molar refractivity (Wildman–Crippen MR) is 135 cm³/mol. The van der Waals surface area contributed by atoms with Crippen LogP contribution in [0.2, 0.25) is 0 Å². The number of rotatable bonds is 17. The minimum absolute atomic E-state index is 0.0306. The van der Waals surface area contributed by atoms with Crippen molar-refractivity contribution in [2.24, 2.45) is 0 Å². The molecule has 0 radical (unpaired) electrons. The summed E-state index contributed by atoms with van der Waals surface area (Å²) in [5.41, 5.74) is 0.486. The summed E-state index contributed by atoms with van der Waals surface area (Å²) in [4.78, 5) is 12.1. The van der Waals surface area contributed by atoms with Crippen molar-refractivity contribution in [2.45, 2.75) is 71.1 Å². The molecule has 0 aliphatic heterocycles. The van der Waals surface area contributed by atoms with Gasteiger partial charge >= 0.3 is 0 Å². The van der Waals surface area contributed by atoms with Gasteiger partial charge in [0.1, 0.15) is 0 Å². The van der Waals surface area contributed by atoms with Crippen LogP contribution >= 0.6 is 0 Å². The van der Waals surface area contributed by atoms with Crippen LogP contribution in [0.4, 0.5) is 0 Å². The Morgan fingerprint density at radius 2 is 1.44 bits per heavy atom. The van der Waals surface area contributed by atoms with Crippen LogP contribution in [0.25, 0.3) is 0 Å². The second-order valence-corrected chi connectivity index (χ2v) is 7.73. The average molecular weight is 440 g/mol. The van der Waals surface area contributed by atoms with Crippen molar-refractivity contribution in [3.63, 3.8) is 0 Å². The van der Waals surface area contributed by atoms with Crippen LogP contribution in [-0.4, -0.2) is 24.7 Å². The first kappa shape index (κ1) is 27.3. The number of hydrogen-bond acceptors (Lipinski definition) is 3. The third-order valence-corrected chi connectivity index (χ3v) is 4.98. The summed E-state index contributed by atoms with van der Waals surface area (Å²) in [6, 6.07) is 4.60. The fourth-order valence-corrected chi connectivity index (χ4v) is 3.07. The molecule has 0 aromatic heterocycles. The van der Waals surface area contributed by atoms with Crippen LogP contribution in [0, 0.1) is 0 Å². The largest absolute Gasteiger partial charge is 0.504 e. The number of benzene rings is 1. The summed E-state index contributed by atoms with van der Waals surface area (Å²) in [5.74, 6) is 0.183. The van der Waals surface area contributed by atoms with Gasteiger partial charge in [0.15, 0.2) is 11.5 Å². The van der Waals surface area contributed by atoms with Gasteiger partial charge in [-0.1, -0.05) is 68.4 Å². The molecule has 1 aromatic rings. The van der Waals surface area contributed by atoms with E-state index < -0.39 is 0 Å². The van der Waals surface area contributed by atoms with Crippen molar-refractivity contribution in [1.29, 1.82) is 0 Å². The molecule has 0 heterocycles. The molecule has 176 valence electrons. The van der Waals surface area contributed by atoms with E-state index in [9.17, 15) is 9.90 Å². The molecular formula is C28H41NO3. The second-order valence-electron chi connectivity index (χ2n) is 7.73. The summed E-state index contributed by atoms with van der Waals surface area (Å²) in [7, 11) is 1.47. The van der Waals surface area contributed by atoms with Gasteiger partial charge < -0.3 is 15.2 Å². The molecule has 0 spiro atoms. The van der Waals surface area contributed by atoms with E-state index in [2.05, 4.69) is 60.8 Å². The van der Waals surface area contributed by atoms with Gasteiger partial charge in [0.05, 0.1) is 7.11 Å². The number of hydrogen-bond donors (Lipinski definition) is 2. The topological polar surface area (TPSA) is 58.6 Å². The van der Waals surface area contributed by atoms with Gasteiger partial charge in [-0.3, -0.25) is 4.79 Å². The standard InChI is InChI=1S/C28H41NO3/c1-3-4-5-6-7-8-9-10-11-12-13-14-15-16-17-18-19-20-23-29-28(31)25-21-22-26(30)27(24-25)32-2/h7-8,10-11,13-14,16-17,21-22,24,30H,3-6,9,12,15,18-20,23H2,1-2H3,(H,29,31)/b8-7-,11-10-,14-13-,17-16-. The first-order chi connectivity index (χ1) is 15.7. The maximum atomic E-state index is 12.1. The molecule has 0 aliphatic rings. The SMILES string of the molecule is CCCCC/C=C\C/C=C\C/C=C\C/C=C\CCCCNC(=O)c1ccc(O)c(OC)c1. The molecule has 0 unspecified atom stereocenters. The summed E-state index contributed by atoms with van der Waals surface area (Å²) in [6.07, 6.45) is 28.9. The van der Waals surface area contributed by atoms with Gasteiger partial charge in [-0.05, 0) is 69.6 Å². The predicted octanol–water partition coefficient (Wildman–Crippen LogP) is 7.28. The quantitative estimate of drug-likeness (QED) is 0.198. The molecule has 0 atom stereocenters. The lowest BCUT2D eigenvalue weighted by molar-refractivity contribution is 0.0952. The molecule has 1 amide bonds. The van der Waals surface area contributed by atoms with Crippen LogP contribution in [0.3, 0.4) is 0 Å². The summed E-state index contributed by atoms with van der Waals surface area (Å²) in [6.45, 7) is 2.87. The fourth-order valence-electron chi connectivity index (χ4n) is 3.07. The van der Waals surface area contributed by atoms with E-state index in [1.165, 1.54) is 38.9 Å². The average Bonchev–Trinajstić information content (AvgIpc) is 2.80. The molecular weight excluding hydrogens is 398 g/mol. The first-order valence-electron chi connectivity index (χ1n) is 11.9. The van der Waals surface area contributed by atoms with E-state index in [0.717, 1.165) is 38.5 Å². The summed E-state index contributed by atoms with van der Waals surface area (Å²) >= 11 is 0. The normalized spacial score (nSPS) is 11.9. The zero-order valence-corrected chi connectivity index (χ0v) is 19.9. The zero-order chi connectivity index (χ0) is 23.3. The number of ether oxygens (including phenoxy) is 1. The molecule has 1 rings (SSSR count). The number of phenols is 1. The first-order valence-corrected chi connectivity index (χ1v) is 11.9. The Balaban J connectivity index is 2.01. The Labute approximate surface area is 194 Å². The molecule has 0 aliphatic carbocycles. The third kappa shape index (κ3) is 13.5. The summed E-state index contributed by atoms with van der Waals surface area (Å²) < 4.78 is 5.03. The third-order valence-electron chi connectivity index (χ3n) is 4.98. The van der Waals surface area contributed by atoms with Crippen molar-refractivity contribution in [1.82, 2.24) is 5.32 Å². The minimum Gasteiger partial charge on any atom is -0.504 e. The van der Waals surface area contributed by atoms with Crippen LogP contribution < -0.4 is 10.1 Å². The molecule has 1 aromatic carbocycles. The number of carbonyl (C=O) groups is 1. The lowest BCUT2D eigenvalue weighted by Crippen LogP contribution is -2.24. The van der Waals surface area contributed by atoms with E-state index in [1.807, 2.05) is 0 Å². The van der Waals surface area contributed by atoms with E-state index in [1.54, 1.807) is 12.1 Å².